The van der Waals surface area contributed by atoms with Gasteiger partial charge in [-0.15, -0.1) is 12.4 Å². The molecular weight excluding hydrogens is 296 g/mol. The van der Waals surface area contributed by atoms with Gasteiger partial charge in [-0.2, -0.15) is 4.98 Å². The molecule has 1 atom stereocenters. The molecule has 2 rings (SSSR count). The van der Waals surface area contributed by atoms with Crippen LogP contribution in [-0.4, -0.2) is 28.2 Å². The van der Waals surface area contributed by atoms with Gasteiger partial charge in [0.15, 0.2) is 5.82 Å². The number of benzene rings is 1. The fourth-order valence-corrected chi connectivity index (χ4v) is 1.82. The number of nitrogens with one attached hydrogen (secondary N) is 1. The van der Waals surface area contributed by atoms with Crippen LogP contribution >= 0.6 is 12.4 Å². The lowest BCUT2D eigenvalue weighted by molar-refractivity contribution is -0.385. The molecule has 1 N–H and O–H groups in total. The Kier molecular flexibility index (Phi) is 5.80. The maximum Gasteiger partial charge on any atom is 0.272 e. The normalized spacial score (nSPS) is 11.8. The molecule has 114 valence electrons. The number of aromatic nitrogens is 2. The fourth-order valence-electron chi connectivity index (χ4n) is 1.82. The van der Waals surface area contributed by atoms with Crippen LogP contribution in [-0.2, 0) is 6.42 Å². The minimum Gasteiger partial charge on any atom is -0.334 e. The van der Waals surface area contributed by atoms with Crippen molar-refractivity contribution in [2.75, 3.05) is 7.05 Å². The molecular formula is C13H17ClN4O3. The van der Waals surface area contributed by atoms with E-state index in [1.807, 2.05) is 14.0 Å². The van der Waals surface area contributed by atoms with E-state index >= 15 is 0 Å². The number of likely N-dealkylation sites (N-methyl/N-ethyl adjacent to an activating group) is 1. The van der Waals surface area contributed by atoms with Crippen molar-refractivity contribution in [3.63, 3.8) is 0 Å². The Morgan fingerprint density at radius 3 is 2.76 bits per heavy atom. The van der Waals surface area contributed by atoms with E-state index < -0.39 is 4.92 Å². The summed E-state index contributed by atoms with van der Waals surface area (Å²) in [6.07, 6.45) is 0.659. The Morgan fingerprint density at radius 1 is 1.48 bits per heavy atom. The highest BCUT2D eigenvalue weighted by Crippen LogP contribution is 2.25. The van der Waals surface area contributed by atoms with Crippen LogP contribution in [0.1, 0.15) is 18.3 Å². The number of aryl methyl sites for hydroxylation is 1. The van der Waals surface area contributed by atoms with Crippen molar-refractivity contribution in [1.29, 1.82) is 0 Å². The quantitative estimate of drug-likeness (QED) is 0.673. The van der Waals surface area contributed by atoms with Gasteiger partial charge in [0.05, 0.1) is 4.92 Å². The number of nitro groups is 1. The topological polar surface area (TPSA) is 94.1 Å². The monoisotopic (exact) mass is 312 g/mol. The molecule has 0 saturated carbocycles. The van der Waals surface area contributed by atoms with Crippen molar-refractivity contribution in [2.24, 2.45) is 0 Å². The van der Waals surface area contributed by atoms with Gasteiger partial charge in [0.1, 0.15) is 0 Å². The Hall–Kier alpha value is -1.99. The van der Waals surface area contributed by atoms with Crippen molar-refractivity contribution in [2.45, 2.75) is 26.3 Å². The zero-order valence-electron chi connectivity index (χ0n) is 12.0. The second kappa shape index (κ2) is 7.14. The zero-order valence-corrected chi connectivity index (χ0v) is 12.8. The smallest absolute Gasteiger partial charge is 0.272 e. The summed E-state index contributed by atoms with van der Waals surface area (Å²) in [5, 5.41) is 17.8. The minimum atomic E-state index is -0.410. The number of nitrogens with zero attached hydrogens (tertiary/aromatic N) is 3. The molecule has 0 aliphatic rings. The van der Waals surface area contributed by atoms with Crippen LogP contribution in [0.15, 0.2) is 22.7 Å². The third kappa shape index (κ3) is 3.99. The van der Waals surface area contributed by atoms with Gasteiger partial charge in [-0.1, -0.05) is 5.16 Å². The first-order chi connectivity index (χ1) is 9.51. The predicted octanol–water partition coefficient (Wildman–Crippen LogP) is 2.53. The molecule has 7 nitrogen and oxygen atoms in total. The molecule has 21 heavy (non-hydrogen) atoms. The molecule has 2 aromatic rings. The van der Waals surface area contributed by atoms with Crippen LogP contribution in [0.2, 0.25) is 0 Å². The summed E-state index contributed by atoms with van der Waals surface area (Å²) in [5.41, 5.74) is 1.33. The lowest BCUT2D eigenvalue weighted by Crippen LogP contribution is -2.24. The predicted molar refractivity (Wildman–Crippen MR) is 80.6 cm³/mol. The van der Waals surface area contributed by atoms with Crippen molar-refractivity contribution in [1.82, 2.24) is 15.5 Å². The Balaban J connectivity index is 0.00000220. The maximum absolute atomic E-state index is 10.8. The van der Waals surface area contributed by atoms with Gasteiger partial charge < -0.3 is 9.84 Å². The van der Waals surface area contributed by atoms with Crippen molar-refractivity contribution in [3.05, 3.63) is 39.7 Å². The van der Waals surface area contributed by atoms with Gasteiger partial charge in [-0.05, 0) is 33.0 Å². The molecule has 0 aliphatic carbocycles. The lowest BCUT2D eigenvalue weighted by atomic mass is 10.1. The van der Waals surface area contributed by atoms with Crippen LogP contribution < -0.4 is 5.32 Å². The van der Waals surface area contributed by atoms with E-state index in [1.165, 1.54) is 6.07 Å². The summed E-state index contributed by atoms with van der Waals surface area (Å²) in [6, 6.07) is 4.99. The van der Waals surface area contributed by atoms with Crippen molar-refractivity contribution in [3.8, 4) is 11.5 Å². The summed E-state index contributed by atoms with van der Waals surface area (Å²) in [6.45, 7) is 3.70. The first-order valence-corrected chi connectivity index (χ1v) is 6.26. The molecule has 1 aromatic heterocycles. The van der Waals surface area contributed by atoms with Crippen LogP contribution in [0.25, 0.3) is 11.5 Å². The van der Waals surface area contributed by atoms with Gasteiger partial charge in [0, 0.05) is 29.7 Å². The number of halogens is 1. The summed E-state index contributed by atoms with van der Waals surface area (Å²) in [4.78, 5) is 14.7. The van der Waals surface area contributed by atoms with Crippen molar-refractivity contribution < 1.29 is 9.45 Å². The fraction of sp³-hybridized carbons (Fsp3) is 0.385. The second-order valence-corrected chi connectivity index (χ2v) is 4.67. The average Bonchev–Trinajstić information content (AvgIpc) is 2.86. The first-order valence-electron chi connectivity index (χ1n) is 6.26. The molecule has 0 bridgehead atoms. The van der Waals surface area contributed by atoms with Gasteiger partial charge >= 0.3 is 0 Å². The molecule has 0 aliphatic heterocycles. The summed E-state index contributed by atoms with van der Waals surface area (Å²) in [5.74, 6) is 0.985. The standard InChI is InChI=1S/C13H16N4O3.ClH/c1-8-6-10(4-5-11(8)17(18)19)13-15-12(16-20-13)7-9(2)14-3;/h4-6,9,14H,7H2,1-3H3;1H. The van der Waals surface area contributed by atoms with Crippen molar-refractivity contribution >= 4 is 18.1 Å². The van der Waals surface area contributed by atoms with E-state index in [0.29, 0.717) is 29.3 Å². The summed E-state index contributed by atoms with van der Waals surface area (Å²) >= 11 is 0. The molecule has 1 unspecified atom stereocenters. The molecule has 0 saturated heterocycles. The molecule has 1 heterocycles. The van der Waals surface area contributed by atoms with Crippen LogP contribution in [0.5, 0.6) is 0 Å². The maximum atomic E-state index is 10.8. The zero-order chi connectivity index (χ0) is 14.7. The Labute approximate surface area is 128 Å². The molecule has 0 spiro atoms. The van der Waals surface area contributed by atoms with E-state index in [2.05, 4.69) is 15.5 Å². The largest absolute Gasteiger partial charge is 0.334 e. The summed E-state index contributed by atoms with van der Waals surface area (Å²) < 4.78 is 5.19. The minimum absolute atomic E-state index is 0. The number of hydrogen-bond acceptors (Lipinski definition) is 6. The average molecular weight is 313 g/mol. The number of nitro benzene ring substituents is 1. The van der Waals surface area contributed by atoms with E-state index in [-0.39, 0.29) is 24.1 Å². The molecule has 0 amide bonds. The molecule has 0 fully saturated rings. The third-order valence-corrected chi connectivity index (χ3v) is 3.09. The molecule has 0 radical (unpaired) electrons. The van der Waals surface area contributed by atoms with Crippen LogP contribution in [0, 0.1) is 17.0 Å². The van der Waals surface area contributed by atoms with E-state index in [4.69, 9.17) is 4.52 Å². The van der Waals surface area contributed by atoms with Gasteiger partial charge in [-0.25, -0.2) is 0 Å². The Bertz CT molecular complexity index is 630. The Morgan fingerprint density at radius 2 is 2.19 bits per heavy atom. The first kappa shape index (κ1) is 17.1. The van der Waals surface area contributed by atoms with Crippen LogP contribution in [0.4, 0.5) is 5.69 Å². The number of rotatable bonds is 5. The third-order valence-electron chi connectivity index (χ3n) is 3.09. The van der Waals surface area contributed by atoms with Gasteiger partial charge in [0.2, 0.25) is 0 Å². The van der Waals surface area contributed by atoms with Gasteiger partial charge in [-0.3, -0.25) is 10.1 Å². The SMILES string of the molecule is CNC(C)Cc1noc(-c2ccc([N+](=O)[O-])c(C)c2)n1.Cl. The van der Waals surface area contributed by atoms with Crippen LogP contribution in [0.3, 0.4) is 0 Å². The molecule has 1 aromatic carbocycles. The van der Waals surface area contributed by atoms with E-state index in [9.17, 15) is 10.1 Å². The number of hydrogen-bond donors (Lipinski definition) is 1. The second-order valence-electron chi connectivity index (χ2n) is 4.67. The van der Waals surface area contributed by atoms with E-state index in [1.54, 1.807) is 19.1 Å². The molecule has 8 heteroatoms. The highest BCUT2D eigenvalue weighted by Gasteiger charge is 2.15. The highest BCUT2D eigenvalue weighted by molar-refractivity contribution is 5.85. The lowest BCUT2D eigenvalue weighted by Gasteiger charge is -2.04. The van der Waals surface area contributed by atoms with E-state index in [0.717, 1.165) is 0 Å². The summed E-state index contributed by atoms with van der Waals surface area (Å²) in [7, 11) is 1.87. The van der Waals surface area contributed by atoms with Gasteiger partial charge in [0.25, 0.3) is 11.6 Å². The highest BCUT2D eigenvalue weighted by atomic mass is 35.5.